The van der Waals surface area contributed by atoms with E-state index in [2.05, 4.69) is 10.0 Å². The van der Waals surface area contributed by atoms with Crippen molar-refractivity contribution in [1.29, 1.82) is 0 Å². The van der Waals surface area contributed by atoms with Crippen molar-refractivity contribution in [3.8, 4) is 5.75 Å². The molecule has 0 bridgehead atoms. The van der Waals surface area contributed by atoms with Crippen LogP contribution in [-0.2, 0) is 16.4 Å². The molecule has 6 nitrogen and oxygen atoms in total. The maximum atomic E-state index is 13.9. The minimum Gasteiger partial charge on any atom is -0.491 e. The van der Waals surface area contributed by atoms with Crippen molar-refractivity contribution in [2.75, 3.05) is 17.9 Å². The predicted molar refractivity (Wildman–Crippen MR) is 90.9 cm³/mol. The van der Waals surface area contributed by atoms with E-state index in [9.17, 15) is 17.6 Å². The lowest BCUT2D eigenvalue weighted by atomic mass is 10.00. The molecule has 0 unspecified atom stereocenters. The Hall–Kier alpha value is -2.61. The molecule has 1 heterocycles. The number of benzene rings is 2. The van der Waals surface area contributed by atoms with Gasteiger partial charge < -0.3 is 10.1 Å². The molecule has 3 rings (SSSR count). The molecule has 0 aromatic heterocycles. The number of halogens is 1. The van der Waals surface area contributed by atoms with Gasteiger partial charge >= 0.3 is 0 Å². The third-order valence-corrected chi connectivity index (χ3v) is 5.18. The maximum Gasteiger partial charge on any atom is 0.262 e. The third kappa shape index (κ3) is 3.58. The molecule has 0 radical (unpaired) electrons. The molecule has 25 heavy (non-hydrogen) atoms. The maximum absolute atomic E-state index is 13.9. The molecule has 0 atom stereocenters. The van der Waals surface area contributed by atoms with Gasteiger partial charge in [0.15, 0.2) is 11.6 Å². The molecule has 0 saturated heterocycles. The summed E-state index contributed by atoms with van der Waals surface area (Å²) in [5.74, 6) is -1.00. The second kappa shape index (κ2) is 6.72. The molecule has 1 aliphatic rings. The van der Waals surface area contributed by atoms with Crippen LogP contribution in [0.4, 0.5) is 10.1 Å². The van der Waals surface area contributed by atoms with Crippen LogP contribution < -0.4 is 14.8 Å². The Bertz CT molecular complexity index is 928. The van der Waals surface area contributed by atoms with Crippen LogP contribution in [0.3, 0.4) is 0 Å². The van der Waals surface area contributed by atoms with E-state index in [1.165, 1.54) is 18.2 Å². The van der Waals surface area contributed by atoms with Crippen LogP contribution in [0.5, 0.6) is 5.75 Å². The van der Waals surface area contributed by atoms with Gasteiger partial charge in [-0.15, -0.1) is 0 Å². The van der Waals surface area contributed by atoms with Crippen molar-refractivity contribution in [2.24, 2.45) is 0 Å². The first-order valence-electron chi connectivity index (χ1n) is 7.77. The summed E-state index contributed by atoms with van der Waals surface area (Å²) in [6.07, 6.45) is 0.693. The van der Waals surface area contributed by atoms with Crippen molar-refractivity contribution >= 4 is 21.6 Å². The molecule has 0 fully saturated rings. The van der Waals surface area contributed by atoms with Gasteiger partial charge in [0.1, 0.15) is 0 Å². The fourth-order valence-electron chi connectivity index (χ4n) is 2.61. The summed E-state index contributed by atoms with van der Waals surface area (Å²) in [6.45, 7) is 2.54. The van der Waals surface area contributed by atoms with E-state index >= 15 is 0 Å². The topological polar surface area (TPSA) is 84.5 Å². The molecule has 1 amide bonds. The molecular formula is C17H17FN2O4S. The quantitative estimate of drug-likeness (QED) is 0.853. The van der Waals surface area contributed by atoms with Gasteiger partial charge in [-0.3, -0.25) is 9.52 Å². The van der Waals surface area contributed by atoms with Gasteiger partial charge in [-0.25, -0.2) is 12.8 Å². The molecular weight excluding hydrogens is 347 g/mol. The van der Waals surface area contributed by atoms with E-state index in [4.69, 9.17) is 4.74 Å². The summed E-state index contributed by atoms with van der Waals surface area (Å²) in [7, 11) is -3.99. The molecule has 0 saturated carbocycles. The molecule has 1 aliphatic heterocycles. The Labute approximate surface area is 145 Å². The van der Waals surface area contributed by atoms with E-state index in [0.717, 1.165) is 11.6 Å². The van der Waals surface area contributed by atoms with Gasteiger partial charge in [-0.05, 0) is 49.2 Å². The number of ether oxygens (including phenoxy) is 1. The first-order valence-corrected chi connectivity index (χ1v) is 9.25. The van der Waals surface area contributed by atoms with E-state index in [1.807, 2.05) is 0 Å². The van der Waals surface area contributed by atoms with Crippen LogP contribution in [-0.4, -0.2) is 27.5 Å². The lowest BCUT2D eigenvalue weighted by molar-refractivity contribution is 0.0946. The first-order chi connectivity index (χ1) is 11.9. The van der Waals surface area contributed by atoms with E-state index in [0.29, 0.717) is 18.5 Å². The number of carbonyl (C=O) groups excluding carboxylic acids is 1. The predicted octanol–water partition coefficient (Wildman–Crippen LogP) is 2.31. The number of nitrogens with one attached hydrogen (secondary N) is 2. The third-order valence-electron chi connectivity index (χ3n) is 3.80. The number of carbonyl (C=O) groups is 1. The normalized spacial score (nSPS) is 13.8. The van der Waals surface area contributed by atoms with Crippen molar-refractivity contribution in [3.05, 3.63) is 53.3 Å². The number of sulfonamides is 1. The Balaban J connectivity index is 1.88. The smallest absolute Gasteiger partial charge is 0.262 e. The van der Waals surface area contributed by atoms with Crippen molar-refractivity contribution in [3.63, 3.8) is 0 Å². The monoisotopic (exact) mass is 364 g/mol. The van der Waals surface area contributed by atoms with Gasteiger partial charge in [-0.2, -0.15) is 0 Å². The number of hydrogen-bond acceptors (Lipinski definition) is 4. The first kappa shape index (κ1) is 17.2. The Morgan fingerprint density at radius 1 is 1.24 bits per heavy atom. The fourth-order valence-corrected chi connectivity index (χ4v) is 3.67. The molecule has 2 aromatic carbocycles. The second-order valence-corrected chi connectivity index (χ2v) is 7.19. The second-order valence-electron chi connectivity index (χ2n) is 5.51. The van der Waals surface area contributed by atoms with E-state index in [-0.39, 0.29) is 28.8 Å². The molecule has 132 valence electrons. The molecule has 2 N–H and O–H groups in total. The summed E-state index contributed by atoms with van der Waals surface area (Å²) >= 11 is 0. The van der Waals surface area contributed by atoms with E-state index in [1.54, 1.807) is 19.1 Å². The largest absolute Gasteiger partial charge is 0.491 e. The Morgan fingerprint density at radius 2 is 2.04 bits per heavy atom. The van der Waals surface area contributed by atoms with Crippen LogP contribution in [0.25, 0.3) is 0 Å². The van der Waals surface area contributed by atoms with E-state index < -0.39 is 15.8 Å². The van der Waals surface area contributed by atoms with Gasteiger partial charge in [0.25, 0.3) is 15.9 Å². The number of hydrogen-bond donors (Lipinski definition) is 2. The van der Waals surface area contributed by atoms with Crippen molar-refractivity contribution in [1.82, 2.24) is 5.32 Å². The highest BCUT2D eigenvalue weighted by Crippen LogP contribution is 2.24. The van der Waals surface area contributed by atoms with Crippen LogP contribution in [0.15, 0.2) is 41.3 Å². The Morgan fingerprint density at radius 3 is 2.76 bits per heavy atom. The van der Waals surface area contributed by atoms with Gasteiger partial charge in [0.2, 0.25) is 0 Å². The molecule has 8 heteroatoms. The average molecular weight is 364 g/mol. The number of anilines is 1. The average Bonchev–Trinajstić information content (AvgIpc) is 2.57. The van der Waals surface area contributed by atoms with Crippen molar-refractivity contribution < 1.29 is 22.3 Å². The number of amides is 1. The summed E-state index contributed by atoms with van der Waals surface area (Å²) in [6, 6.07) is 8.21. The minimum absolute atomic E-state index is 0.00750. The molecule has 0 aliphatic carbocycles. The zero-order chi connectivity index (χ0) is 18.0. The number of rotatable bonds is 5. The highest BCUT2D eigenvalue weighted by molar-refractivity contribution is 7.92. The summed E-state index contributed by atoms with van der Waals surface area (Å²) in [5, 5.41) is 2.71. The zero-order valence-electron chi connectivity index (χ0n) is 13.5. The summed E-state index contributed by atoms with van der Waals surface area (Å²) in [5.41, 5.74) is 1.54. The molecule has 0 spiro atoms. The van der Waals surface area contributed by atoms with Crippen molar-refractivity contribution in [2.45, 2.75) is 18.2 Å². The standard InChI is InChI=1S/C17H17FN2O4S/c1-2-24-16-6-5-13(10-15(16)18)25(22,23)20-12-4-3-11-7-8-19-17(21)14(11)9-12/h3-6,9-10,20H,2,7-8H2,1H3,(H,19,21). The van der Waals surface area contributed by atoms with Crippen LogP contribution in [0.2, 0.25) is 0 Å². The van der Waals surface area contributed by atoms with Crippen LogP contribution >= 0.6 is 0 Å². The lowest BCUT2D eigenvalue weighted by Crippen LogP contribution is -2.31. The zero-order valence-corrected chi connectivity index (χ0v) is 14.3. The minimum atomic E-state index is -3.99. The Kier molecular flexibility index (Phi) is 4.63. The summed E-state index contributed by atoms with van der Waals surface area (Å²) < 4.78 is 46.2. The number of fused-ring (bicyclic) bond motifs is 1. The van der Waals surface area contributed by atoms with Gasteiger partial charge in [0.05, 0.1) is 11.5 Å². The SMILES string of the molecule is CCOc1ccc(S(=O)(=O)Nc2ccc3c(c2)C(=O)NCC3)cc1F. The molecule has 2 aromatic rings. The van der Waals surface area contributed by atoms with Crippen LogP contribution in [0.1, 0.15) is 22.8 Å². The van der Waals surface area contributed by atoms with Gasteiger partial charge in [-0.1, -0.05) is 6.07 Å². The summed E-state index contributed by atoms with van der Waals surface area (Å²) in [4.78, 5) is 11.6. The highest BCUT2D eigenvalue weighted by atomic mass is 32.2. The lowest BCUT2D eigenvalue weighted by Gasteiger charge is -2.17. The fraction of sp³-hybridized carbons (Fsp3) is 0.235. The van der Waals surface area contributed by atoms with Gasteiger partial charge in [0, 0.05) is 17.8 Å². The highest BCUT2D eigenvalue weighted by Gasteiger charge is 2.20. The van der Waals surface area contributed by atoms with Crippen LogP contribution in [0, 0.1) is 5.82 Å².